The van der Waals surface area contributed by atoms with Gasteiger partial charge < -0.3 is 14.1 Å². The van der Waals surface area contributed by atoms with Crippen molar-refractivity contribution in [3.63, 3.8) is 0 Å². The summed E-state index contributed by atoms with van der Waals surface area (Å²) in [6, 6.07) is 9.58. The molecular weight excluding hydrogens is 533 g/mol. The first kappa shape index (κ1) is 24.2. The lowest BCUT2D eigenvalue weighted by atomic mass is 10.1. The van der Waals surface area contributed by atoms with Crippen LogP contribution in [0.15, 0.2) is 58.2 Å². The highest BCUT2D eigenvalue weighted by atomic mass is 79.9. The second-order valence-electron chi connectivity index (χ2n) is 7.29. The Morgan fingerprint density at radius 2 is 1.91 bits per heavy atom. The fourth-order valence-corrected chi connectivity index (χ4v) is 3.57. The summed E-state index contributed by atoms with van der Waals surface area (Å²) in [5.74, 6) is -2.36. The SMILES string of the molecule is COc1cc(/C=C/c2nc3cc(Br)ccc3c(=O)n2OC(=O)C(F)(F)F)ccc1-n1cnc(C)c1. The number of nitrogens with zero attached hydrogens (tertiary/aromatic N) is 4. The van der Waals surface area contributed by atoms with Crippen LogP contribution in [0.4, 0.5) is 13.2 Å². The molecule has 0 spiro atoms. The molecule has 0 fully saturated rings. The Morgan fingerprint density at radius 1 is 1.14 bits per heavy atom. The number of hydrogen-bond acceptors (Lipinski definition) is 6. The number of aromatic nitrogens is 4. The second-order valence-corrected chi connectivity index (χ2v) is 8.21. The van der Waals surface area contributed by atoms with E-state index >= 15 is 0 Å². The van der Waals surface area contributed by atoms with Crippen LogP contribution < -0.4 is 15.1 Å². The molecule has 0 aliphatic rings. The van der Waals surface area contributed by atoms with Crippen LogP contribution in [-0.4, -0.2) is 38.5 Å². The van der Waals surface area contributed by atoms with Crippen LogP contribution >= 0.6 is 15.9 Å². The van der Waals surface area contributed by atoms with Crippen molar-refractivity contribution in [3.8, 4) is 11.4 Å². The van der Waals surface area contributed by atoms with Crippen molar-refractivity contribution in [2.75, 3.05) is 7.11 Å². The predicted octanol–water partition coefficient (Wildman–Crippen LogP) is 4.35. The van der Waals surface area contributed by atoms with E-state index < -0.39 is 17.7 Å². The van der Waals surface area contributed by atoms with Crippen LogP contribution in [0.3, 0.4) is 0 Å². The number of carbonyl (C=O) groups excluding carboxylic acids is 1. The van der Waals surface area contributed by atoms with Gasteiger partial charge in [0.2, 0.25) is 0 Å². The second kappa shape index (κ2) is 9.37. The lowest BCUT2D eigenvalue weighted by molar-refractivity contribution is -0.200. The number of halogens is 4. The van der Waals surface area contributed by atoms with Gasteiger partial charge in [-0.25, -0.2) is 14.8 Å². The smallest absolute Gasteiger partial charge is 0.493 e. The van der Waals surface area contributed by atoms with Crippen molar-refractivity contribution in [2.24, 2.45) is 0 Å². The fraction of sp³-hybridized carbons (Fsp3) is 0.130. The number of benzene rings is 2. The van der Waals surface area contributed by atoms with E-state index in [4.69, 9.17) is 4.74 Å². The van der Waals surface area contributed by atoms with Crippen LogP contribution in [0, 0.1) is 6.92 Å². The van der Waals surface area contributed by atoms with Crippen molar-refractivity contribution < 1.29 is 27.5 Å². The molecule has 0 atom stereocenters. The summed E-state index contributed by atoms with van der Waals surface area (Å²) in [5, 5.41) is -0.0260. The minimum absolute atomic E-state index is 0.0260. The molecule has 0 aliphatic carbocycles. The summed E-state index contributed by atoms with van der Waals surface area (Å²) in [6.07, 6.45) is 0.909. The van der Waals surface area contributed by atoms with Crippen molar-refractivity contribution in [3.05, 3.63) is 80.8 Å². The molecule has 35 heavy (non-hydrogen) atoms. The van der Waals surface area contributed by atoms with E-state index in [2.05, 4.69) is 30.7 Å². The molecular formula is C23H16BrF3N4O4. The molecule has 4 aromatic rings. The van der Waals surface area contributed by atoms with Crippen molar-refractivity contribution in [2.45, 2.75) is 13.1 Å². The fourth-order valence-electron chi connectivity index (χ4n) is 3.22. The normalized spacial score (nSPS) is 11.8. The first-order chi connectivity index (χ1) is 16.6. The molecule has 0 N–H and O–H groups in total. The highest BCUT2D eigenvalue weighted by Crippen LogP contribution is 2.26. The summed E-state index contributed by atoms with van der Waals surface area (Å²) in [6.45, 7) is 1.85. The van der Waals surface area contributed by atoms with E-state index in [1.165, 1.54) is 37.5 Å². The van der Waals surface area contributed by atoms with E-state index in [1.807, 2.05) is 13.1 Å². The molecule has 0 radical (unpaired) electrons. The molecule has 2 heterocycles. The van der Waals surface area contributed by atoms with Gasteiger partial charge in [0, 0.05) is 10.7 Å². The lowest BCUT2D eigenvalue weighted by Gasteiger charge is -2.12. The third-order valence-electron chi connectivity index (χ3n) is 4.84. The molecule has 0 aliphatic heterocycles. The molecule has 2 aromatic heterocycles. The number of hydrogen-bond donors (Lipinski definition) is 0. The minimum atomic E-state index is -5.30. The number of rotatable bonds is 5. The Hall–Kier alpha value is -3.93. The molecule has 0 saturated heterocycles. The Kier molecular flexibility index (Phi) is 6.48. The zero-order chi connectivity index (χ0) is 25.3. The Bertz CT molecular complexity index is 1530. The number of fused-ring (bicyclic) bond motifs is 1. The topological polar surface area (TPSA) is 88.2 Å². The van der Waals surface area contributed by atoms with Crippen molar-refractivity contribution in [1.29, 1.82) is 0 Å². The first-order valence-corrected chi connectivity index (χ1v) is 10.7. The Balaban J connectivity index is 1.78. The van der Waals surface area contributed by atoms with Gasteiger partial charge in [0.05, 0.1) is 35.7 Å². The molecule has 0 saturated carbocycles. The van der Waals surface area contributed by atoms with Crippen molar-refractivity contribution in [1.82, 2.24) is 19.3 Å². The van der Waals surface area contributed by atoms with Gasteiger partial charge in [-0.15, -0.1) is 4.73 Å². The average Bonchev–Trinajstić information content (AvgIpc) is 3.24. The van der Waals surface area contributed by atoms with Gasteiger partial charge in [0.25, 0.3) is 5.56 Å². The lowest BCUT2D eigenvalue weighted by Crippen LogP contribution is -2.39. The monoisotopic (exact) mass is 548 g/mol. The predicted molar refractivity (Wildman–Crippen MR) is 125 cm³/mol. The van der Waals surface area contributed by atoms with Crippen molar-refractivity contribution >= 4 is 45.0 Å². The Morgan fingerprint density at radius 3 is 2.57 bits per heavy atom. The third kappa shape index (κ3) is 5.11. The van der Waals surface area contributed by atoms with E-state index in [9.17, 15) is 22.8 Å². The van der Waals surface area contributed by atoms with Crippen LogP contribution in [0.5, 0.6) is 5.75 Å². The molecule has 8 nitrogen and oxygen atoms in total. The molecule has 4 rings (SSSR count). The number of alkyl halides is 3. The van der Waals surface area contributed by atoms with Crippen LogP contribution in [0.25, 0.3) is 28.7 Å². The average molecular weight is 549 g/mol. The molecule has 0 bridgehead atoms. The molecule has 12 heteroatoms. The summed E-state index contributed by atoms with van der Waals surface area (Å²) < 4.78 is 46.5. The number of imidazole rings is 1. The Labute approximate surface area is 204 Å². The van der Waals surface area contributed by atoms with Crippen LogP contribution in [0.1, 0.15) is 17.1 Å². The maximum Gasteiger partial charge on any atom is 0.493 e. The maximum absolute atomic E-state index is 12.8. The van der Waals surface area contributed by atoms with Gasteiger partial charge in [-0.1, -0.05) is 28.1 Å². The molecule has 2 aromatic carbocycles. The zero-order valence-corrected chi connectivity index (χ0v) is 19.8. The standard InChI is InChI=1S/C23H16BrF3N4O4/c1-13-11-30(12-28-13)18-7-3-14(9-19(18)34-2)4-8-20-29-17-10-15(24)5-6-16(17)21(32)31(20)35-22(33)23(25,26)27/h3-12H,1-2H3/b8-4+. The third-order valence-corrected chi connectivity index (χ3v) is 5.34. The van der Waals surface area contributed by atoms with E-state index in [1.54, 1.807) is 29.1 Å². The number of aryl methyl sites for hydroxylation is 1. The van der Waals surface area contributed by atoms with Crippen LogP contribution in [-0.2, 0) is 4.79 Å². The molecule has 0 unspecified atom stereocenters. The van der Waals surface area contributed by atoms with Gasteiger partial charge in [-0.2, -0.15) is 13.2 Å². The van der Waals surface area contributed by atoms with Crippen LogP contribution in [0.2, 0.25) is 0 Å². The molecule has 180 valence electrons. The van der Waals surface area contributed by atoms with Gasteiger partial charge in [0.1, 0.15) is 5.75 Å². The highest BCUT2D eigenvalue weighted by Gasteiger charge is 2.42. The minimum Gasteiger partial charge on any atom is -0.495 e. The van der Waals surface area contributed by atoms with Gasteiger partial charge in [-0.3, -0.25) is 4.79 Å². The van der Waals surface area contributed by atoms with Gasteiger partial charge in [-0.05, 0) is 48.9 Å². The van der Waals surface area contributed by atoms with E-state index in [0.29, 0.717) is 15.8 Å². The summed E-state index contributed by atoms with van der Waals surface area (Å²) in [4.78, 5) is 37.1. The number of carbonyl (C=O) groups is 1. The highest BCUT2D eigenvalue weighted by molar-refractivity contribution is 9.10. The van der Waals surface area contributed by atoms with E-state index in [0.717, 1.165) is 11.4 Å². The largest absolute Gasteiger partial charge is 0.495 e. The summed E-state index contributed by atoms with van der Waals surface area (Å²) in [5.41, 5.74) is 1.35. The maximum atomic E-state index is 12.8. The quantitative estimate of drug-likeness (QED) is 0.368. The van der Waals surface area contributed by atoms with E-state index in [-0.39, 0.29) is 21.5 Å². The summed E-state index contributed by atoms with van der Waals surface area (Å²) in [7, 11) is 1.49. The first-order valence-electron chi connectivity index (χ1n) is 9.95. The number of ether oxygens (including phenoxy) is 1. The molecule has 0 amide bonds. The van der Waals surface area contributed by atoms with Gasteiger partial charge in [0.15, 0.2) is 5.82 Å². The number of methoxy groups -OCH3 is 1. The van der Waals surface area contributed by atoms with Gasteiger partial charge >= 0.3 is 12.1 Å². The zero-order valence-electron chi connectivity index (χ0n) is 18.2. The summed E-state index contributed by atoms with van der Waals surface area (Å²) >= 11 is 3.26.